The molecule has 0 amide bonds. The van der Waals surface area contributed by atoms with E-state index < -0.39 is 0 Å². The summed E-state index contributed by atoms with van der Waals surface area (Å²) >= 11 is 6.15. The highest BCUT2D eigenvalue weighted by molar-refractivity contribution is 6.33. The van der Waals surface area contributed by atoms with Crippen molar-refractivity contribution in [3.8, 4) is 0 Å². The summed E-state index contributed by atoms with van der Waals surface area (Å²) in [6.45, 7) is 4.09. The number of halogens is 1. The number of furan rings is 1. The minimum Gasteiger partial charge on any atom is -0.472 e. The molecule has 0 saturated heterocycles. The molecule has 0 bridgehead atoms. The van der Waals surface area contributed by atoms with Crippen molar-refractivity contribution in [1.29, 1.82) is 0 Å². The zero-order valence-corrected chi connectivity index (χ0v) is 10.1. The largest absolute Gasteiger partial charge is 0.472 e. The van der Waals surface area contributed by atoms with Gasteiger partial charge in [-0.3, -0.25) is 0 Å². The van der Waals surface area contributed by atoms with E-state index in [0.29, 0.717) is 0 Å². The first-order chi connectivity index (χ1) is 7.66. The van der Waals surface area contributed by atoms with E-state index >= 15 is 0 Å². The van der Waals surface area contributed by atoms with Crippen LogP contribution in [0.1, 0.15) is 24.1 Å². The van der Waals surface area contributed by atoms with Crippen molar-refractivity contribution in [1.82, 2.24) is 0 Å². The second-order valence-electron chi connectivity index (χ2n) is 3.91. The minimum atomic E-state index is 0.180. The van der Waals surface area contributed by atoms with E-state index in [-0.39, 0.29) is 6.04 Å². The van der Waals surface area contributed by atoms with Gasteiger partial charge in [-0.15, -0.1) is 0 Å². The third kappa shape index (κ3) is 2.39. The van der Waals surface area contributed by atoms with Crippen LogP contribution in [0.4, 0.5) is 5.69 Å². The van der Waals surface area contributed by atoms with Gasteiger partial charge in [0.15, 0.2) is 0 Å². The van der Waals surface area contributed by atoms with Crippen molar-refractivity contribution in [2.45, 2.75) is 19.9 Å². The number of aryl methyl sites for hydroxylation is 1. The summed E-state index contributed by atoms with van der Waals surface area (Å²) in [6.07, 6.45) is 3.41. The molecule has 0 fully saturated rings. The maximum atomic E-state index is 6.15. The lowest BCUT2D eigenvalue weighted by Crippen LogP contribution is -2.05. The molecule has 1 aromatic carbocycles. The monoisotopic (exact) mass is 235 g/mol. The molecule has 0 aliphatic heterocycles. The number of nitrogens with one attached hydrogen (secondary N) is 1. The molecule has 1 heterocycles. The van der Waals surface area contributed by atoms with E-state index in [2.05, 4.69) is 12.2 Å². The highest BCUT2D eigenvalue weighted by Gasteiger charge is 2.08. The van der Waals surface area contributed by atoms with Crippen molar-refractivity contribution in [3.05, 3.63) is 52.9 Å². The summed E-state index contributed by atoms with van der Waals surface area (Å²) in [5.74, 6) is 0. The van der Waals surface area contributed by atoms with Crippen molar-refractivity contribution >= 4 is 17.3 Å². The van der Waals surface area contributed by atoms with E-state index in [1.807, 2.05) is 31.2 Å². The Morgan fingerprint density at radius 1 is 1.31 bits per heavy atom. The van der Waals surface area contributed by atoms with Gasteiger partial charge in [0.25, 0.3) is 0 Å². The van der Waals surface area contributed by atoms with Gasteiger partial charge in [0.1, 0.15) is 0 Å². The molecule has 0 aliphatic carbocycles. The fraction of sp³-hybridized carbons (Fsp3) is 0.231. The summed E-state index contributed by atoms with van der Waals surface area (Å²) in [5.41, 5.74) is 3.21. The zero-order chi connectivity index (χ0) is 11.5. The van der Waals surface area contributed by atoms with Crippen LogP contribution in [0.15, 0.2) is 41.2 Å². The van der Waals surface area contributed by atoms with Crippen LogP contribution in [0.2, 0.25) is 5.02 Å². The maximum Gasteiger partial charge on any atom is 0.0955 e. The summed E-state index contributed by atoms with van der Waals surface area (Å²) in [4.78, 5) is 0. The quantitative estimate of drug-likeness (QED) is 0.852. The van der Waals surface area contributed by atoms with Gasteiger partial charge in [0.2, 0.25) is 0 Å². The SMILES string of the molecule is Cc1ccc(NC(C)c2ccoc2)c(Cl)c1. The van der Waals surface area contributed by atoms with Crippen LogP contribution < -0.4 is 5.32 Å². The van der Waals surface area contributed by atoms with Crippen LogP contribution in [0, 0.1) is 6.92 Å². The Balaban J connectivity index is 2.15. The molecule has 84 valence electrons. The molecular weight excluding hydrogens is 222 g/mol. The number of anilines is 1. The van der Waals surface area contributed by atoms with Crippen LogP contribution in [0.3, 0.4) is 0 Å². The molecular formula is C13H14ClNO. The normalized spacial score (nSPS) is 12.4. The van der Waals surface area contributed by atoms with Crippen LogP contribution >= 0.6 is 11.6 Å². The molecule has 1 N–H and O–H groups in total. The molecule has 2 nitrogen and oxygen atoms in total. The Bertz CT molecular complexity index is 465. The lowest BCUT2D eigenvalue weighted by molar-refractivity contribution is 0.562. The molecule has 16 heavy (non-hydrogen) atoms. The smallest absolute Gasteiger partial charge is 0.0955 e. The van der Waals surface area contributed by atoms with Crippen LogP contribution in [-0.2, 0) is 0 Å². The molecule has 3 heteroatoms. The van der Waals surface area contributed by atoms with Gasteiger partial charge in [-0.05, 0) is 37.6 Å². The average molecular weight is 236 g/mol. The molecule has 1 aromatic heterocycles. The van der Waals surface area contributed by atoms with Crippen LogP contribution in [0.25, 0.3) is 0 Å². The van der Waals surface area contributed by atoms with Crippen molar-refractivity contribution < 1.29 is 4.42 Å². The molecule has 1 atom stereocenters. The standard InChI is InChI=1S/C13H14ClNO/c1-9-3-4-13(12(14)7-9)15-10(2)11-5-6-16-8-11/h3-8,10,15H,1-2H3. The molecule has 0 radical (unpaired) electrons. The van der Waals surface area contributed by atoms with Gasteiger partial charge in [0, 0.05) is 5.56 Å². The van der Waals surface area contributed by atoms with Gasteiger partial charge in [-0.25, -0.2) is 0 Å². The number of hydrogen-bond acceptors (Lipinski definition) is 2. The van der Waals surface area contributed by atoms with E-state index in [4.69, 9.17) is 16.0 Å². The fourth-order valence-corrected chi connectivity index (χ4v) is 1.86. The van der Waals surface area contributed by atoms with Crippen molar-refractivity contribution in [3.63, 3.8) is 0 Å². The first-order valence-electron chi connectivity index (χ1n) is 5.21. The van der Waals surface area contributed by atoms with Gasteiger partial charge < -0.3 is 9.73 Å². The van der Waals surface area contributed by atoms with E-state index in [1.54, 1.807) is 12.5 Å². The van der Waals surface area contributed by atoms with Gasteiger partial charge in [-0.1, -0.05) is 17.7 Å². The Kier molecular flexibility index (Phi) is 3.20. The van der Waals surface area contributed by atoms with E-state index in [9.17, 15) is 0 Å². The van der Waals surface area contributed by atoms with Gasteiger partial charge >= 0.3 is 0 Å². The van der Waals surface area contributed by atoms with Crippen LogP contribution in [-0.4, -0.2) is 0 Å². The fourth-order valence-electron chi connectivity index (χ4n) is 1.58. The highest BCUT2D eigenvalue weighted by Crippen LogP contribution is 2.27. The van der Waals surface area contributed by atoms with Gasteiger partial charge in [0.05, 0.1) is 29.3 Å². The summed E-state index contributed by atoms with van der Waals surface area (Å²) in [7, 11) is 0. The Morgan fingerprint density at radius 3 is 2.75 bits per heavy atom. The summed E-state index contributed by atoms with van der Waals surface area (Å²) in [5, 5.41) is 4.09. The zero-order valence-electron chi connectivity index (χ0n) is 9.33. The summed E-state index contributed by atoms with van der Waals surface area (Å²) in [6, 6.07) is 8.11. The van der Waals surface area contributed by atoms with Gasteiger partial charge in [-0.2, -0.15) is 0 Å². The Labute approximate surface area is 100 Å². The average Bonchev–Trinajstić information content (AvgIpc) is 2.75. The van der Waals surface area contributed by atoms with Crippen LogP contribution in [0.5, 0.6) is 0 Å². The highest BCUT2D eigenvalue weighted by atomic mass is 35.5. The topological polar surface area (TPSA) is 25.2 Å². The third-order valence-electron chi connectivity index (χ3n) is 2.54. The Hall–Kier alpha value is -1.41. The molecule has 2 rings (SSSR count). The lowest BCUT2D eigenvalue weighted by Gasteiger charge is -2.15. The van der Waals surface area contributed by atoms with Crippen molar-refractivity contribution in [2.75, 3.05) is 5.32 Å². The molecule has 2 aromatic rings. The Morgan fingerprint density at radius 2 is 2.12 bits per heavy atom. The van der Waals surface area contributed by atoms with E-state index in [0.717, 1.165) is 21.8 Å². The van der Waals surface area contributed by atoms with Crippen molar-refractivity contribution in [2.24, 2.45) is 0 Å². The minimum absolute atomic E-state index is 0.180. The maximum absolute atomic E-state index is 6.15. The van der Waals surface area contributed by atoms with E-state index in [1.165, 1.54) is 0 Å². The predicted octanol–water partition coefficient (Wildman–Crippen LogP) is 4.41. The molecule has 1 unspecified atom stereocenters. The molecule has 0 spiro atoms. The first-order valence-corrected chi connectivity index (χ1v) is 5.59. The third-order valence-corrected chi connectivity index (χ3v) is 2.85. The second kappa shape index (κ2) is 4.62. The number of hydrogen-bond donors (Lipinski definition) is 1. The predicted molar refractivity (Wildman–Crippen MR) is 66.9 cm³/mol. The summed E-state index contributed by atoms with van der Waals surface area (Å²) < 4.78 is 5.05. The second-order valence-corrected chi connectivity index (χ2v) is 4.31. The lowest BCUT2D eigenvalue weighted by atomic mass is 10.1. The molecule has 0 aliphatic rings. The first kappa shape index (κ1) is 11.1. The number of benzene rings is 1. The molecule has 0 saturated carbocycles. The number of rotatable bonds is 3.